The Morgan fingerprint density at radius 2 is 2.27 bits per heavy atom. The average Bonchev–Trinajstić information content (AvgIpc) is 2.34. The molecule has 0 unspecified atom stereocenters. The first-order valence-electron chi connectivity index (χ1n) is 2.94. The molecule has 11 heavy (non-hydrogen) atoms. The van der Waals surface area contributed by atoms with Crippen LogP contribution < -0.4 is 4.65 Å². The van der Waals surface area contributed by atoms with Gasteiger partial charge in [0.15, 0.2) is 5.06 Å². The van der Waals surface area contributed by atoms with Gasteiger partial charge in [0.1, 0.15) is 0 Å². The van der Waals surface area contributed by atoms with Crippen molar-refractivity contribution < 1.29 is 19.8 Å². The maximum atomic E-state index is 8.68. The number of aliphatic hydroxyl groups is 1. The summed E-state index contributed by atoms with van der Waals surface area (Å²) in [6, 6.07) is 1.66. The fourth-order valence-corrected chi connectivity index (χ4v) is 1.42. The highest BCUT2D eigenvalue weighted by atomic mass is 32.1. The van der Waals surface area contributed by atoms with E-state index in [0.29, 0.717) is 10.6 Å². The third-order valence-corrected chi connectivity index (χ3v) is 1.93. The lowest BCUT2D eigenvalue weighted by molar-refractivity contribution is 0.267. The molecule has 0 amide bonds. The summed E-state index contributed by atoms with van der Waals surface area (Å²) >= 11 is 1.20. The quantitative estimate of drug-likeness (QED) is 0.544. The molecule has 1 rings (SSSR count). The molecule has 4 nitrogen and oxygen atoms in total. The molecule has 0 spiro atoms. The van der Waals surface area contributed by atoms with Gasteiger partial charge in [-0.05, 0) is 11.4 Å². The fourth-order valence-electron chi connectivity index (χ4n) is 0.638. The largest absolute Gasteiger partial charge is 0.708 e. The van der Waals surface area contributed by atoms with E-state index in [-0.39, 0.29) is 6.61 Å². The maximum Gasteiger partial charge on any atom is 0.708 e. The second-order valence-corrected chi connectivity index (χ2v) is 2.71. The number of hydrogen-bond donors (Lipinski definition) is 3. The number of rotatable bonds is 3. The van der Waals surface area contributed by atoms with Crippen LogP contribution in [0.5, 0.6) is 5.06 Å². The minimum absolute atomic E-state index is 0.161. The summed E-state index contributed by atoms with van der Waals surface area (Å²) in [5, 5.41) is 27.5. The highest BCUT2D eigenvalue weighted by molar-refractivity contribution is 7.12. The molecule has 0 radical (unpaired) electrons. The summed E-state index contributed by atoms with van der Waals surface area (Å²) in [5.74, 6) is 0. The highest BCUT2D eigenvalue weighted by Gasteiger charge is 2.14. The van der Waals surface area contributed by atoms with Crippen LogP contribution in [0, 0.1) is 0 Å². The molecule has 0 fully saturated rings. The molecule has 1 aromatic heterocycles. The van der Waals surface area contributed by atoms with E-state index in [0.717, 1.165) is 0 Å². The lowest BCUT2D eigenvalue weighted by Crippen LogP contribution is -2.20. The molecule has 0 atom stereocenters. The zero-order valence-electron chi connectivity index (χ0n) is 5.60. The summed E-state index contributed by atoms with van der Waals surface area (Å²) in [7, 11) is -1.82. The molecule has 0 bridgehead atoms. The molecule has 0 aliphatic carbocycles. The molecular weight excluding hydrogens is 167 g/mol. The second kappa shape index (κ2) is 3.73. The van der Waals surface area contributed by atoms with Gasteiger partial charge in [0.2, 0.25) is 0 Å². The van der Waals surface area contributed by atoms with Crippen LogP contribution >= 0.6 is 11.3 Å². The molecule has 60 valence electrons. The van der Waals surface area contributed by atoms with Crippen molar-refractivity contribution in [1.82, 2.24) is 0 Å². The van der Waals surface area contributed by atoms with Crippen LogP contribution in [0.3, 0.4) is 0 Å². The van der Waals surface area contributed by atoms with E-state index >= 15 is 0 Å². The van der Waals surface area contributed by atoms with Crippen molar-refractivity contribution in [2.75, 3.05) is 0 Å². The zero-order chi connectivity index (χ0) is 8.27. The smallest absolute Gasteiger partial charge is 0.504 e. The van der Waals surface area contributed by atoms with Crippen molar-refractivity contribution in [2.24, 2.45) is 0 Å². The minimum atomic E-state index is -1.82. The second-order valence-electron chi connectivity index (χ2n) is 1.84. The Balaban J connectivity index is 2.68. The minimum Gasteiger partial charge on any atom is -0.504 e. The Labute approximate surface area is 67.9 Å². The van der Waals surface area contributed by atoms with E-state index in [9.17, 15) is 0 Å². The van der Waals surface area contributed by atoms with Gasteiger partial charge in [-0.1, -0.05) is 0 Å². The summed E-state index contributed by atoms with van der Waals surface area (Å²) in [6.45, 7) is -0.161. The molecule has 0 aliphatic heterocycles. The van der Waals surface area contributed by atoms with E-state index in [4.69, 9.17) is 15.2 Å². The van der Waals surface area contributed by atoms with Gasteiger partial charge < -0.3 is 19.8 Å². The van der Waals surface area contributed by atoms with Crippen LogP contribution in [0.2, 0.25) is 0 Å². The Morgan fingerprint density at radius 3 is 2.82 bits per heavy atom. The molecule has 1 aromatic rings. The topological polar surface area (TPSA) is 69.9 Å². The Morgan fingerprint density at radius 1 is 1.55 bits per heavy atom. The molecule has 1 heterocycles. The van der Waals surface area contributed by atoms with Crippen LogP contribution in [0.25, 0.3) is 0 Å². The third kappa shape index (κ3) is 2.19. The first-order valence-corrected chi connectivity index (χ1v) is 3.82. The Kier molecular flexibility index (Phi) is 2.89. The molecule has 0 saturated carbocycles. The van der Waals surface area contributed by atoms with Gasteiger partial charge >= 0.3 is 7.32 Å². The Hall–Kier alpha value is -0.555. The van der Waals surface area contributed by atoms with Crippen molar-refractivity contribution in [1.29, 1.82) is 0 Å². The van der Waals surface area contributed by atoms with Crippen LogP contribution in [0.1, 0.15) is 5.56 Å². The molecule has 0 aromatic carbocycles. The van der Waals surface area contributed by atoms with Crippen LogP contribution in [-0.4, -0.2) is 22.5 Å². The summed E-state index contributed by atoms with van der Waals surface area (Å²) < 4.78 is 4.55. The first kappa shape index (κ1) is 8.54. The van der Waals surface area contributed by atoms with Crippen LogP contribution in [0.4, 0.5) is 0 Å². The van der Waals surface area contributed by atoms with E-state index in [1.54, 1.807) is 11.4 Å². The van der Waals surface area contributed by atoms with Crippen LogP contribution in [0.15, 0.2) is 11.4 Å². The summed E-state index contributed by atoms with van der Waals surface area (Å²) in [5.41, 5.74) is 0.558. The predicted molar refractivity (Wildman–Crippen MR) is 41.1 cm³/mol. The third-order valence-electron chi connectivity index (χ3n) is 1.09. The highest BCUT2D eigenvalue weighted by Crippen LogP contribution is 2.25. The molecule has 0 saturated heterocycles. The first-order chi connectivity index (χ1) is 5.24. The normalized spacial score (nSPS) is 9.73. The van der Waals surface area contributed by atoms with Gasteiger partial charge in [-0.25, -0.2) is 0 Å². The van der Waals surface area contributed by atoms with Gasteiger partial charge in [0, 0.05) is 5.56 Å². The van der Waals surface area contributed by atoms with E-state index < -0.39 is 7.32 Å². The molecule has 0 aliphatic rings. The van der Waals surface area contributed by atoms with E-state index in [1.165, 1.54) is 11.3 Å². The van der Waals surface area contributed by atoms with Crippen LogP contribution in [-0.2, 0) is 6.61 Å². The number of hydrogen-bond acceptors (Lipinski definition) is 5. The van der Waals surface area contributed by atoms with E-state index in [2.05, 4.69) is 4.65 Å². The lowest BCUT2D eigenvalue weighted by atomic mass is 10.2. The Bertz CT molecular complexity index is 224. The number of thiophene rings is 1. The predicted octanol–water partition coefficient (Wildman–Crippen LogP) is -0.411. The zero-order valence-corrected chi connectivity index (χ0v) is 6.41. The van der Waals surface area contributed by atoms with Gasteiger partial charge in [0.25, 0.3) is 0 Å². The van der Waals surface area contributed by atoms with Gasteiger partial charge in [-0.15, -0.1) is 11.3 Å². The monoisotopic (exact) mass is 174 g/mol. The van der Waals surface area contributed by atoms with Gasteiger partial charge in [0.05, 0.1) is 6.61 Å². The van der Waals surface area contributed by atoms with Crippen molar-refractivity contribution in [3.05, 3.63) is 17.0 Å². The average molecular weight is 174 g/mol. The SMILES string of the molecule is OCc1ccsc1OB(O)O. The van der Waals surface area contributed by atoms with Crippen molar-refractivity contribution >= 4 is 18.7 Å². The van der Waals surface area contributed by atoms with Crippen molar-refractivity contribution in [3.63, 3.8) is 0 Å². The summed E-state index contributed by atoms with van der Waals surface area (Å²) in [6.07, 6.45) is 0. The number of aliphatic hydroxyl groups excluding tert-OH is 1. The van der Waals surface area contributed by atoms with Gasteiger partial charge in [-0.3, -0.25) is 0 Å². The molecule has 3 N–H and O–H groups in total. The van der Waals surface area contributed by atoms with E-state index in [1.807, 2.05) is 0 Å². The maximum absolute atomic E-state index is 8.68. The lowest BCUT2D eigenvalue weighted by Gasteiger charge is -2.02. The standard InChI is InChI=1S/C5H7BO4S/c7-3-4-1-2-11-5(4)10-6(8)9/h1-2,7-9H,3H2. The molecule has 6 heteroatoms. The van der Waals surface area contributed by atoms with Crippen molar-refractivity contribution in [2.45, 2.75) is 6.61 Å². The van der Waals surface area contributed by atoms with Gasteiger partial charge in [-0.2, -0.15) is 0 Å². The molecular formula is C5H7BO4S. The fraction of sp³-hybridized carbons (Fsp3) is 0.200. The van der Waals surface area contributed by atoms with Crippen molar-refractivity contribution in [3.8, 4) is 5.06 Å². The summed E-state index contributed by atoms with van der Waals surface area (Å²) in [4.78, 5) is 0.